The van der Waals surface area contributed by atoms with E-state index in [0.29, 0.717) is 18.0 Å². The minimum Gasteiger partial charge on any atom is -0.492 e. The third-order valence-corrected chi connectivity index (χ3v) is 3.61. The molecule has 0 spiro atoms. The van der Waals surface area contributed by atoms with Crippen LogP contribution in [0.5, 0.6) is 5.75 Å². The topological polar surface area (TPSA) is 79.8 Å². The number of amides is 2. The molecule has 0 unspecified atom stereocenters. The standard InChI is InChI=1S/C17H16IN3O3/c1-2-24-15-6-4-3-5-14(15)20-16(22)17(23)21-19-11-12-7-9-13(18)10-8-12/h3-11H,2H2,1H3,(H,20,22)(H,21,23). The van der Waals surface area contributed by atoms with Gasteiger partial charge in [-0.25, -0.2) is 5.43 Å². The fraction of sp³-hybridized carbons (Fsp3) is 0.118. The van der Waals surface area contributed by atoms with Crippen LogP contribution < -0.4 is 15.5 Å². The van der Waals surface area contributed by atoms with Gasteiger partial charge in [-0.15, -0.1) is 0 Å². The molecule has 2 aromatic rings. The summed E-state index contributed by atoms with van der Waals surface area (Å²) in [6.07, 6.45) is 1.47. The van der Waals surface area contributed by atoms with Crippen molar-refractivity contribution in [2.75, 3.05) is 11.9 Å². The third-order valence-electron chi connectivity index (χ3n) is 2.89. The maximum absolute atomic E-state index is 11.9. The van der Waals surface area contributed by atoms with Crippen LogP contribution in [0.4, 0.5) is 5.69 Å². The summed E-state index contributed by atoms with van der Waals surface area (Å²) in [5, 5.41) is 6.27. The first-order chi connectivity index (χ1) is 11.6. The van der Waals surface area contributed by atoms with Crippen molar-refractivity contribution in [2.45, 2.75) is 6.92 Å². The maximum Gasteiger partial charge on any atom is 0.329 e. The lowest BCUT2D eigenvalue weighted by Crippen LogP contribution is -2.32. The number of hydrazone groups is 1. The van der Waals surface area contributed by atoms with Gasteiger partial charge < -0.3 is 10.1 Å². The number of carbonyl (C=O) groups is 2. The molecule has 0 saturated carbocycles. The van der Waals surface area contributed by atoms with E-state index in [1.54, 1.807) is 24.3 Å². The van der Waals surface area contributed by atoms with Crippen molar-refractivity contribution in [1.29, 1.82) is 0 Å². The zero-order valence-electron chi connectivity index (χ0n) is 13.0. The SMILES string of the molecule is CCOc1ccccc1NC(=O)C(=O)NN=Cc1ccc(I)cc1. The molecule has 0 fully saturated rings. The number of nitrogens with one attached hydrogen (secondary N) is 2. The summed E-state index contributed by atoms with van der Waals surface area (Å²) >= 11 is 2.19. The Morgan fingerprint density at radius 2 is 1.83 bits per heavy atom. The summed E-state index contributed by atoms with van der Waals surface area (Å²) in [6.45, 7) is 2.30. The number of ether oxygens (including phenoxy) is 1. The first kappa shape index (κ1) is 17.9. The van der Waals surface area contributed by atoms with Crippen LogP contribution in [0.3, 0.4) is 0 Å². The average molecular weight is 437 g/mol. The first-order valence-corrected chi connectivity index (χ1v) is 8.30. The normalized spacial score (nSPS) is 10.4. The second-order valence-corrected chi connectivity index (χ2v) is 5.88. The van der Waals surface area contributed by atoms with E-state index in [1.807, 2.05) is 31.2 Å². The Balaban J connectivity index is 1.93. The largest absolute Gasteiger partial charge is 0.492 e. The molecule has 0 aromatic heterocycles. The van der Waals surface area contributed by atoms with Gasteiger partial charge in [-0.2, -0.15) is 5.10 Å². The number of rotatable bonds is 5. The zero-order valence-corrected chi connectivity index (χ0v) is 15.1. The predicted molar refractivity (Wildman–Crippen MR) is 101 cm³/mol. The van der Waals surface area contributed by atoms with Crippen LogP contribution in [0.25, 0.3) is 0 Å². The molecule has 0 aliphatic carbocycles. The minimum atomic E-state index is -0.858. The molecule has 0 aliphatic rings. The monoisotopic (exact) mass is 437 g/mol. The van der Waals surface area contributed by atoms with Crippen molar-refractivity contribution < 1.29 is 14.3 Å². The van der Waals surface area contributed by atoms with Crippen molar-refractivity contribution in [3.8, 4) is 5.75 Å². The van der Waals surface area contributed by atoms with E-state index >= 15 is 0 Å². The molecule has 0 heterocycles. The van der Waals surface area contributed by atoms with E-state index < -0.39 is 11.8 Å². The van der Waals surface area contributed by atoms with Crippen molar-refractivity contribution in [2.24, 2.45) is 5.10 Å². The Morgan fingerprint density at radius 3 is 2.54 bits per heavy atom. The number of halogens is 1. The molecule has 0 aliphatic heterocycles. The van der Waals surface area contributed by atoms with Crippen LogP contribution in [0, 0.1) is 3.57 Å². The fourth-order valence-corrected chi connectivity index (χ4v) is 2.15. The van der Waals surface area contributed by atoms with Gasteiger partial charge >= 0.3 is 11.8 Å². The Labute approximate surface area is 153 Å². The van der Waals surface area contributed by atoms with Crippen LogP contribution in [-0.2, 0) is 9.59 Å². The summed E-state index contributed by atoms with van der Waals surface area (Å²) in [7, 11) is 0. The van der Waals surface area contributed by atoms with E-state index in [-0.39, 0.29) is 0 Å². The summed E-state index contributed by atoms with van der Waals surface area (Å²) < 4.78 is 6.49. The van der Waals surface area contributed by atoms with Gasteiger partial charge in [-0.1, -0.05) is 24.3 Å². The fourth-order valence-electron chi connectivity index (χ4n) is 1.80. The second-order valence-electron chi connectivity index (χ2n) is 4.63. The lowest BCUT2D eigenvalue weighted by atomic mass is 10.2. The lowest BCUT2D eigenvalue weighted by molar-refractivity contribution is -0.136. The summed E-state index contributed by atoms with van der Waals surface area (Å²) in [5.74, 6) is -1.17. The maximum atomic E-state index is 11.9. The molecule has 0 bridgehead atoms. The number of para-hydroxylation sites is 2. The number of carbonyl (C=O) groups excluding carboxylic acids is 2. The van der Waals surface area contributed by atoms with Crippen LogP contribution >= 0.6 is 22.6 Å². The molecular formula is C17H16IN3O3. The van der Waals surface area contributed by atoms with Gasteiger partial charge in [0.25, 0.3) is 0 Å². The van der Waals surface area contributed by atoms with E-state index in [9.17, 15) is 9.59 Å². The molecule has 2 rings (SSSR count). The second kappa shape index (κ2) is 9.02. The molecule has 24 heavy (non-hydrogen) atoms. The lowest BCUT2D eigenvalue weighted by Gasteiger charge is -2.10. The highest BCUT2D eigenvalue weighted by molar-refractivity contribution is 14.1. The Morgan fingerprint density at radius 1 is 1.12 bits per heavy atom. The summed E-state index contributed by atoms with van der Waals surface area (Å²) in [6, 6.07) is 14.4. The molecule has 0 radical (unpaired) electrons. The van der Waals surface area contributed by atoms with Crippen molar-refractivity contribution in [3.05, 3.63) is 57.7 Å². The molecule has 124 valence electrons. The molecule has 2 N–H and O–H groups in total. The number of hydrogen-bond donors (Lipinski definition) is 2. The smallest absolute Gasteiger partial charge is 0.329 e. The van der Waals surface area contributed by atoms with Gasteiger partial charge in [0.15, 0.2) is 0 Å². The summed E-state index contributed by atoms with van der Waals surface area (Å²) in [4.78, 5) is 23.7. The van der Waals surface area contributed by atoms with Gasteiger partial charge in [-0.05, 0) is 59.3 Å². The van der Waals surface area contributed by atoms with Crippen LogP contribution in [-0.4, -0.2) is 24.6 Å². The minimum absolute atomic E-state index is 0.432. The van der Waals surface area contributed by atoms with Crippen LogP contribution in [0.2, 0.25) is 0 Å². The van der Waals surface area contributed by atoms with Crippen molar-refractivity contribution in [3.63, 3.8) is 0 Å². The Bertz CT molecular complexity index is 745. The van der Waals surface area contributed by atoms with Crippen molar-refractivity contribution >= 4 is 46.3 Å². The van der Waals surface area contributed by atoms with Crippen LogP contribution in [0.15, 0.2) is 53.6 Å². The highest BCUT2D eigenvalue weighted by Crippen LogP contribution is 2.23. The number of hydrogen-bond acceptors (Lipinski definition) is 4. The molecular weight excluding hydrogens is 421 g/mol. The van der Waals surface area contributed by atoms with Crippen LogP contribution in [0.1, 0.15) is 12.5 Å². The quantitative estimate of drug-likeness (QED) is 0.327. The van der Waals surface area contributed by atoms with Gasteiger partial charge in [0.1, 0.15) is 5.75 Å². The van der Waals surface area contributed by atoms with Gasteiger partial charge in [0, 0.05) is 3.57 Å². The number of benzene rings is 2. The van der Waals surface area contributed by atoms with E-state index in [0.717, 1.165) is 9.13 Å². The third kappa shape index (κ3) is 5.34. The van der Waals surface area contributed by atoms with Gasteiger partial charge in [0.05, 0.1) is 18.5 Å². The van der Waals surface area contributed by atoms with Crippen molar-refractivity contribution in [1.82, 2.24) is 5.43 Å². The highest BCUT2D eigenvalue weighted by atomic mass is 127. The molecule has 7 heteroatoms. The predicted octanol–water partition coefficient (Wildman–Crippen LogP) is 2.78. The molecule has 2 amide bonds. The van der Waals surface area contributed by atoms with E-state index in [1.165, 1.54) is 6.21 Å². The Hall–Kier alpha value is -2.42. The first-order valence-electron chi connectivity index (χ1n) is 7.22. The molecule has 0 atom stereocenters. The highest BCUT2D eigenvalue weighted by Gasteiger charge is 2.14. The van der Waals surface area contributed by atoms with E-state index in [4.69, 9.17) is 4.74 Å². The molecule has 0 saturated heterocycles. The van der Waals surface area contributed by atoms with Gasteiger partial charge in [0.2, 0.25) is 0 Å². The molecule has 2 aromatic carbocycles. The Kier molecular flexibility index (Phi) is 6.74. The average Bonchev–Trinajstić information content (AvgIpc) is 2.58. The van der Waals surface area contributed by atoms with Gasteiger partial charge in [-0.3, -0.25) is 9.59 Å². The number of nitrogens with zero attached hydrogens (tertiary/aromatic N) is 1. The summed E-state index contributed by atoms with van der Waals surface area (Å²) in [5.41, 5.74) is 3.44. The van der Waals surface area contributed by atoms with E-state index in [2.05, 4.69) is 38.4 Å². The zero-order chi connectivity index (χ0) is 17.4. The molecule has 6 nitrogen and oxygen atoms in total. The number of anilines is 1.